The van der Waals surface area contributed by atoms with Crippen molar-refractivity contribution in [1.82, 2.24) is 14.5 Å². The number of ether oxygens (including phenoxy) is 1. The van der Waals surface area contributed by atoms with Gasteiger partial charge in [0, 0.05) is 18.2 Å². The highest BCUT2D eigenvalue weighted by Gasteiger charge is 2.33. The number of hydrogen-bond donors (Lipinski definition) is 1. The molecule has 9 heteroatoms. The van der Waals surface area contributed by atoms with Crippen molar-refractivity contribution in [3.8, 4) is 11.4 Å². The van der Waals surface area contributed by atoms with Gasteiger partial charge in [0.05, 0.1) is 12.2 Å². The first-order valence-corrected chi connectivity index (χ1v) is 9.25. The van der Waals surface area contributed by atoms with Crippen molar-refractivity contribution < 1.29 is 28.2 Å². The number of rotatable bonds is 2. The summed E-state index contributed by atoms with van der Waals surface area (Å²) in [5.41, 5.74) is -0.355. The lowest BCUT2D eigenvalue weighted by Gasteiger charge is -2.30. The summed E-state index contributed by atoms with van der Waals surface area (Å²) < 4.78 is 34.2. The van der Waals surface area contributed by atoms with Gasteiger partial charge in [-0.25, -0.2) is 23.4 Å². The lowest BCUT2D eigenvalue weighted by molar-refractivity contribution is 0.0154. The third-order valence-corrected chi connectivity index (χ3v) is 4.70. The Morgan fingerprint density at radius 1 is 1.24 bits per heavy atom. The molecule has 0 spiro atoms. The summed E-state index contributed by atoms with van der Waals surface area (Å²) in [5, 5.41) is 9.62. The minimum atomic E-state index is -1.26. The second kappa shape index (κ2) is 7.46. The summed E-state index contributed by atoms with van der Waals surface area (Å²) in [5.74, 6) is -3.09. The molecule has 0 aliphatic carbocycles. The highest BCUT2D eigenvalue weighted by Crippen LogP contribution is 2.29. The zero-order valence-corrected chi connectivity index (χ0v) is 16.7. The lowest BCUT2D eigenvalue weighted by atomic mass is 10.2. The average molecular weight is 407 g/mol. The molecule has 2 aromatic rings. The number of hydrogen-bond acceptors (Lipinski definition) is 4. The Kier molecular flexibility index (Phi) is 5.34. The summed E-state index contributed by atoms with van der Waals surface area (Å²) >= 11 is 0. The molecule has 1 aromatic heterocycles. The van der Waals surface area contributed by atoms with Gasteiger partial charge in [-0.15, -0.1) is 0 Å². The molecule has 0 unspecified atom stereocenters. The highest BCUT2D eigenvalue weighted by atomic mass is 19.2. The number of imidazole rings is 1. The minimum absolute atomic E-state index is 0.0195. The molecule has 7 nitrogen and oxygen atoms in total. The van der Waals surface area contributed by atoms with Gasteiger partial charge in [-0.05, 0) is 52.3 Å². The molecule has 1 aliphatic heterocycles. The van der Waals surface area contributed by atoms with Crippen LogP contribution in [0.15, 0.2) is 18.2 Å². The predicted molar refractivity (Wildman–Crippen MR) is 100 cm³/mol. The molecule has 156 valence electrons. The van der Waals surface area contributed by atoms with E-state index < -0.39 is 29.3 Å². The monoisotopic (exact) mass is 407 g/mol. The summed E-state index contributed by atoms with van der Waals surface area (Å²) in [6.07, 6.45) is -0.0383. The standard InChI is InChI=1S/C20H23F2N3O4/c1-11-7-8-24-15(10-25(11)19(28)29-20(2,3)4)16(18(26)27)23-17(24)12-5-6-13(21)14(22)9-12/h5-6,9,11H,7-8,10H2,1-4H3,(H,26,27)/t11-/m1/s1. The predicted octanol–water partition coefficient (Wildman–Crippen LogP) is 4.06. The number of aromatic nitrogens is 2. The molecule has 29 heavy (non-hydrogen) atoms. The summed E-state index contributed by atoms with van der Waals surface area (Å²) in [7, 11) is 0. The zero-order valence-electron chi connectivity index (χ0n) is 16.7. The van der Waals surface area contributed by atoms with Gasteiger partial charge >= 0.3 is 12.1 Å². The fourth-order valence-electron chi connectivity index (χ4n) is 3.27. The van der Waals surface area contributed by atoms with Gasteiger partial charge in [0.25, 0.3) is 0 Å². The van der Waals surface area contributed by atoms with Crippen molar-refractivity contribution >= 4 is 12.1 Å². The van der Waals surface area contributed by atoms with Crippen molar-refractivity contribution in [2.75, 3.05) is 0 Å². The largest absolute Gasteiger partial charge is 0.476 e. The number of amides is 1. The van der Waals surface area contributed by atoms with Crippen LogP contribution in [0.25, 0.3) is 11.4 Å². The second-order valence-corrected chi connectivity index (χ2v) is 8.06. The molecule has 1 atom stereocenters. The SMILES string of the molecule is C[C@@H]1CCn2c(-c3ccc(F)c(F)c3)nc(C(=O)O)c2CN1C(=O)OC(C)(C)C. The fraction of sp³-hybridized carbons (Fsp3) is 0.450. The van der Waals surface area contributed by atoms with Gasteiger partial charge in [-0.3, -0.25) is 4.90 Å². The first kappa shape index (κ1) is 20.8. The van der Waals surface area contributed by atoms with Crippen LogP contribution in [0.2, 0.25) is 0 Å². The van der Waals surface area contributed by atoms with Gasteiger partial charge in [0.1, 0.15) is 11.4 Å². The molecule has 1 amide bonds. The van der Waals surface area contributed by atoms with Crippen molar-refractivity contribution in [3.05, 3.63) is 41.2 Å². The summed E-state index contributed by atoms with van der Waals surface area (Å²) in [6.45, 7) is 7.45. The summed E-state index contributed by atoms with van der Waals surface area (Å²) in [6, 6.07) is 3.08. The number of fused-ring (bicyclic) bond motifs is 1. The van der Waals surface area contributed by atoms with E-state index in [1.54, 1.807) is 25.3 Å². The van der Waals surface area contributed by atoms with Gasteiger partial charge in [0.2, 0.25) is 0 Å². The number of carboxylic acid groups (broad SMARTS) is 1. The molecule has 0 fully saturated rings. The number of halogens is 2. The topological polar surface area (TPSA) is 84.7 Å². The first-order chi connectivity index (χ1) is 13.5. The van der Waals surface area contributed by atoms with Crippen LogP contribution in [-0.4, -0.2) is 43.3 Å². The van der Waals surface area contributed by atoms with Crippen LogP contribution in [0.1, 0.15) is 50.3 Å². The summed E-state index contributed by atoms with van der Waals surface area (Å²) in [4.78, 5) is 30.1. The molecule has 1 N–H and O–H groups in total. The molecule has 0 saturated carbocycles. The fourth-order valence-corrected chi connectivity index (χ4v) is 3.27. The smallest absolute Gasteiger partial charge is 0.410 e. The van der Waals surface area contributed by atoms with E-state index in [2.05, 4.69) is 4.98 Å². The van der Waals surface area contributed by atoms with Crippen LogP contribution in [-0.2, 0) is 17.8 Å². The van der Waals surface area contributed by atoms with Crippen molar-refractivity contribution in [2.45, 2.75) is 58.8 Å². The molecular formula is C20H23F2N3O4. The Bertz CT molecular complexity index is 965. The molecule has 3 rings (SSSR count). The van der Waals surface area contributed by atoms with Crippen LogP contribution in [0.3, 0.4) is 0 Å². The number of nitrogens with zero attached hydrogens (tertiary/aromatic N) is 3. The van der Waals surface area contributed by atoms with Crippen LogP contribution in [0.4, 0.5) is 13.6 Å². The van der Waals surface area contributed by atoms with E-state index in [-0.39, 0.29) is 29.7 Å². The van der Waals surface area contributed by atoms with Crippen molar-refractivity contribution in [3.63, 3.8) is 0 Å². The van der Waals surface area contributed by atoms with Crippen LogP contribution in [0.5, 0.6) is 0 Å². The van der Waals surface area contributed by atoms with E-state index in [0.717, 1.165) is 12.1 Å². The second-order valence-electron chi connectivity index (χ2n) is 8.06. The highest BCUT2D eigenvalue weighted by molar-refractivity contribution is 5.88. The Hall–Kier alpha value is -2.97. The van der Waals surface area contributed by atoms with Crippen LogP contribution < -0.4 is 0 Å². The quantitative estimate of drug-likeness (QED) is 0.812. The molecule has 2 heterocycles. The van der Waals surface area contributed by atoms with E-state index in [4.69, 9.17) is 4.74 Å². The molecule has 0 bridgehead atoms. The molecular weight excluding hydrogens is 384 g/mol. The number of aromatic carboxylic acids is 1. The van der Waals surface area contributed by atoms with Crippen LogP contribution >= 0.6 is 0 Å². The Morgan fingerprint density at radius 2 is 1.93 bits per heavy atom. The number of carbonyl (C=O) groups is 2. The number of benzene rings is 1. The zero-order chi connectivity index (χ0) is 21.5. The van der Waals surface area contributed by atoms with Gasteiger partial charge in [-0.1, -0.05) is 0 Å². The molecule has 1 aromatic carbocycles. The van der Waals surface area contributed by atoms with Gasteiger partial charge in [-0.2, -0.15) is 0 Å². The first-order valence-electron chi connectivity index (χ1n) is 9.25. The van der Waals surface area contributed by atoms with Crippen molar-refractivity contribution in [1.29, 1.82) is 0 Å². The van der Waals surface area contributed by atoms with E-state index in [1.165, 1.54) is 11.0 Å². The average Bonchev–Trinajstić information content (AvgIpc) is 2.87. The van der Waals surface area contributed by atoms with E-state index >= 15 is 0 Å². The minimum Gasteiger partial charge on any atom is -0.476 e. The van der Waals surface area contributed by atoms with Crippen molar-refractivity contribution in [2.24, 2.45) is 0 Å². The Balaban J connectivity index is 2.07. The maximum Gasteiger partial charge on any atom is 0.410 e. The molecule has 0 radical (unpaired) electrons. The normalized spacial score (nSPS) is 16.9. The van der Waals surface area contributed by atoms with E-state index in [1.807, 2.05) is 6.92 Å². The maximum absolute atomic E-state index is 13.7. The van der Waals surface area contributed by atoms with Gasteiger partial charge < -0.3 is 14.4 Å². The van der Waals surface area contributed by atoms with E-state index in [0.29, 0.717) is 18.7 Å². The third kappa shape index (κ3) is 4.23. The van der Waals surface area contributed by atoms with E-state index in [9.17, 15) is 23.5 Å². The number of carbonyl (C=O) groups excluding carboxylic acids is 1. The number of carboxylic acids is 1. The molecule has 0 saturated heterocycles. The lowest BCUT2D eigenvalue weighted by Crippen LogP contribution is -2.41. The Morgan fingerprint density at radius 3 is 2.52 bits per heavy atom. The maximum atomic E-state index is 13.7. The third-order valence-electron chi connectivity index (χ3n) is 4.70. The molecule has 1 aliphatic rings. The Labute approximate surface area is 166 Å². The van der Waals surface area contributed by atoms with Gasteiger partial charge in [0.15, 0.2) is 17.3 Å². The van der Waals surface area contributed by atoms with Crippen LogP contribution in [0, 0.1) is 11.6 Å².